The van der Waals surface area contributed by atoms with Crippen molar-refractivity contribution in [1.82, 2.24) is 4.90 Å². The van der Waals surface area contributed by atoms with Gasteiger partial charge in [-0.15, -0.1) is 0 Å². The van der Waals surface area contributed by atoms with Crippen molar-refractivity contribution in [3.05, 3.63) is 0 Å². The molecule has 1 aliphatic rings. The molecule has 1 fully saturated rings. The number of halogens is 1. The van der Waals surface area contributed by atoms with E-state index in [9.17, 15) is 4.79 Å². The summed E-state index contributed by atoms with van der Waals surface area (Å²) in [5.74, 6) is 0.227. The van der Waals surface area contributed by atoms with Crippen LogP contribution < -0.4 is 0 Å². The molecule has 1 amide bonds. The van der Waals surface area contributed by atoms with Gasteiger partial charge < -0.3 is 9.64 Å². The lowest BCUT2D eigenvalue weighted by Gasteiger charge is -2.26. The van der Waals surface area contributed by atoms with Gasteiger partial charge in [0.05, 0.1) is 13.2 Å². The Morgan fingerprint density at radius 2 is 2.09 bits per heavy atom. The molecule has 0 aromatic carbocycles. The van der Waals surface area contributed by atoms with Crippen molar-refractivity contribution in [2.75, 3.05) is 31.6 Å². The molecule has 1 heterocycles. The number of rotatable bonds is 2. The molecule has 1 rings (SSSR count). The highest BCUT2D eigenvalue weighted by Gasteiger charge is 2.15. The molecule has 4 heteroatoms. The molecule has 1 aliphatic heterocycles. The third-order valence-corrected chi connectivity index (χ3v) is 2.07. The van der Waals surface area contributed by atoms with Crippen molar-refractivity contribution in [1.29, 1.82) is 0 Å². The van der Waals surface area contributed by atoms with Crippen LogP contribution in [0.5, 0.6) is 0 Å². The minimum absolute atomic E-state index is 0.227. The van der Waals surface area contributed by atoms with Gasteiger partial charge in [-0.05, 0) is 0 Å². The summed E-state index contributed by atoms with van der Waals surface area (Å²) in [4.78, 5) is 13.1. The highest BCUT2D eigenvalue weighted by molar-refractivity contribution is 9.09. The standard InChI is InChI=1S/C7H12BrNO2/c8-2-1-7(10)9-3-5-11-6-4-9/h1-6H2. The Kier molecular flexibility index (Phi) is 3.86. The van der Waals surface area contributed by atoms with Crippen LogP contribution in [0, 0.1) is 0 Å². The summed E-state index contributed by atoms with van der Waals surface area (Å²) in [5.41, 5.74) is 0. The summed E-state index contributed by atoms with van der Waals surface area (Å²) in [5, 5.41) is 0.753. The summed E-state index contributed by atoms with van der Waals surface area (Å²) >= 11 is 3.24. The zero-order valence-corrected chi connectivity index (χ0v) is 7.97. The number of nitrogens with zero attached hydrogens (tertiary/aromatic N) is 1. The zero-order chi connectivity index (χ0) is 8.10. The first-order valence-corrected chi connectivity index (χ1v) is 4.88. The minimum Gasteiger partial charge on any atom is -0.378 e. The third-order valence-electron chi connectivity index (χ3n) is 1.67. The van der Waals surface area contributed by atoms with E-state index in [0.29, 0.717) is 19.6 Å². The molecule has 0 aliphatic carbocycles. The van der Waals surface area contributed by atoms with Crippen molar-refractivity contribution >= 4 is 21.8 Å². The molecule has 11 heavy (non-hydrogen) atoms. The second kappa shape index (κ2) is 4.72. The van der Waals surface area contributed by atoms with Crippen molar-refractivity contribution in [2.45, 2.75) is 6.42 Å². The lowest BCUT2D eigenvalue weighted by molar-refractivity contribution is -0.134. The molecule has 0 unspecified atom stereocenters. The molecule has 0 bridgehead atoms. The van der Waals surface area contributed by atoms with Crippen molar-refractivity contribution in [3.8, 4) is 0 Å². The van der Waals surface area contributed by atoms with Crippen LogP contribution in [0.15, 0.2) is 0 Å². The smallest absolute Gasteiger partial charge is 0.223 e. The minimum atomic E-state index is 0.227. The van der Waals surface area contributed by atoms with E-state index < -0.39 is 0 Å². The van der Waals surface area contributed by atoms with Crippen LogP contribution in [0.25, 0.3) is 0 Å². The molecule has 0 N–H and O–H groups in total. The fraction of sp³-hybridized carbons (Fsp3) is 0.857. The lowest BCUT2D eigenvalue weighted by Crippen LogP contribution is -2.40. The van der Waals surface area contributed by atoms with E-state index in [-0.39, 0.29) is 5.91 Å². The monoisotopic (exact) mass is 221 g/mol. The second-order valence-corrected chi connectivity index (χ2v) is 3.23. The van der Waals surface area contributed by atoms with E-state index in [1.807, 2.05) is 4.90 Å². The molecule has 3 nitrogen and oxygen atoms in total. The van der Waals surface area contributed by atoms with E-state index in [1.54, 1.807) is 0 Å². The SMILES string of the molecule is O=C(CCBr)N1CCOCC1. The summed E-state index contributed by atoms with van der Waals surface area (Å²) in [6.45, 7) is 2.89. The Labute approximate surface area is 74.8 Å². The fourth-order valence-electron chi connectivity index (χ4n) is 1.05. The van der Waals surface area contributed by atoms with Crippen LogP contribution in [0.1, 0.15) is 6.42 Å². The topological polar surface area (TPSA) is 29.5 Å². The molecule has 0 atom stereocenters. The van der Waals surface area contributed by atoms with E-state index in [0.717, 1.165) is 18.4 Å². The van der Waals surface area contributed by atoms with Crippen LogP contribution in [0.4, 0.5) is 0 Å². The zero-order valence-electron chi connectivity index (χ0n) is 6.38. The maximum Gasteiger partial charge on any atom is 0.223 e. The van der Waals surface area contributed by atoms with Gasteiger partial charge in [0.2, 0.25) is 5.91 Å². The van der Waals surface area contributed by atoms with Crippen LogP contribution in [0.3, 0.4) is 0 Å². The molecular formula is C7H12BrNO2. The van der Waals surface area contributed by atoms with E-state index >= 15 is 0 Å². The number of alkyl halides is 1. The van der Waals surface area contributed by atoms with Crippen molar-refractivity contribution in [3.63, 3.8) is 0 Å². The molecule has 0 radical (unpaired) electrons. The van der Waals surface area contributed by atoms with Crippen LogP contribution in [-0.2, 0) is 9.53 Å². The van der Waals surface area contributed by atoms with Crippen molar-refractivity contribution in [2.24, 2.45) is 0 Å². The van der Waals surface area contributed by atoms with Gasteiger partial charge in [-0.3, -0.25) is 4.79 Å². The van der Waals surface area contributed by atoms with Gasteiger partial charge in [0.1, 0.15) is 0 Å². The summed E-state index contributed by atoms with van der Waals surface area (Å²) in [7, 11) is 0. The molecule has 1 saturated heterocycles. The Balaban J connectivity index is 2.27. The van der Waals surface area contributed by atoms with Gasteiger partial charge in [-0.1, -0.05) is 15.9 Å². The normalized spacial score (nSPS) is 18.5. The number of carbonyl (C=O) groups excluding carboxylic acids is 1. The van der Waals surface area contributed by atoms with Crippen LogP contribution in [0.2, 0.25) is 0 Å². The number of hydrogen-bond donors (Lipinski definition) is 0. The predicted octanol–water partition coefficient (Wildman–Crippen LogP) is 0.630. The van der Waals surface area contributed by atoms with Gasteiger partial charge in [-0.25, -0.2) is 0 Å². The first-order valence-electron chi connectivity index (χ1n) is 3.76. The molecule has 0 saturated carbocycles. The highest BCUT2D eigenvalue weighted by Crippen LogP contribution is 2.01. The first kappa shape index (κ1) is 9.00. The predicted molar refractivity (Wildman–Crippen MR) is 45.8 cm³/mol. The van der Waals surface area contributed by atoms with Gasteiger partial charge in [0.25, 0.3) is 0 Å². The molecule has 0 aromatic rings. The van der Waals surface area contributed by atoms with Gasteiger partial charge in [0.15, 0.2) is 0 Å². The Morgan fingerprint density at radius 3 is 2.64 bits per heavy atom. The maximum absolute atomic E-state index is 11.2. The number of ether oxygens (including phenoxy) is 1. The first-order chi connectivity index (χ1) is 5.34. The fourth-order valence-corrected chi connectivity index (χ4v) is 1.39. The van der Waals surface area contributed by atoms with Gasteiger partial charge >= 0.3 is 0 Å². The number of carbonyl (C=O) groups is 1. The van der Waals surface area contributed by atoms with Gasteiger partial charge in [-0.2, -0.15) is 0 Å². The highest BCUT2D eigenvalue weighted by atomic mass is 79.9. The molecule has 0 aromatic heterocycles. The van der Waals surface area contributed by atoms with E-state index in [4.69, 9.17) is 4.74 Å². The third kappa shape index (κ3) is 2.79. The summed E-state index contributed by atoms with van der Waals surface area (Å²) < 4.78 is 5.12. The Hall–Kier alpha value is -0.0900. The summed E-state index contributed by atoms with van der Waals surface area (Å²) in [6, 6.07) is 0. The largest absolute Gasteiger partial charge is 0.378 e. The Bertz CT molecular complexity index is 134. The van der Waals surface area contributed by atoms with Gasteiger partial charge in [0, 0.05) is 24.8 Å². The number of amides is 1. The van der Waals surface area contributed by atoms with Crippen LogP contribution >= 0.6 is 15.9 Å². The maximum atomic E-state index is 11.2. The average Bonchev–Trinajstić information content (AvgIpc) is 2.07. The van der Waals surface area contributed by atoms with Crippen LogP contribution in [-0.4, -0.2) is 42.4 Å². The van der Waals surface area contributed by atoms with E-state index in [1.165, 1.54) is 0 Å². The Morgan fingerprint density at radius 1 is 1.45 bits per heavy atom. The molecular weight excluding hydrogens is 210 g/mol. The molecule has 0 spiro atoms. The summed E-state index contributed by atoms with van der Waals surface area (Å²) in [6.07, 6.45) is 0.597. The number of hydrogen-bond acceptors (Lipinski definition) is 2. The average molecular weight is 222 g/mol. The lowest BCUT2D eigenvalue weighted by atomic mass is 10.3. The molecule has 64 valence electrons. The second-order valence-electron chi connectivity index (χ2n) is 2.43. The number of morpholine rings is 1. The van der Waals surface area contributed by atoms with Crippen molar-refractivity contribution < 1.29 is 9.53 Å². The van der Waals surface area contributed by atoms with E-state index in [2.05, 4.69) is 15.9 Å². The quantitative estimate of drug-likeness (QED) is 0.641.